The van der Waals surface area contributed by atoms with Gasteiger partial charge in [-0.15, -0.1) is 0 Å². The Balaban J connectivity index is 3.00. The molecule has 0 aromatic carbocycles. The number of nitrogens with zero attached hydrogens (tertiary/aromatic N) is 2. The van der Waals surface area contributed by atoms with Crippen molar-refractivity contribution in [3.05, 3.63) is 0 Å². The number of hydrogen-bond donors (Lipinski definition) is 0. The molecule has 0 aromatic rings. The maximum Gasteiger partial charge on any atom is 0.248 e. The van der Waals surface area contributed by atoms with E-state index in [4.69, 9.17) is 0 Å². The molecule has 0 radical (unpaired) electrons. The van der Waals surface area contributed by atoms with Gasteiger partial charge in [-0.05, 0) is 0 Å². The molecule has 4 heteroatoms. The summed E-state index contributed by atoms with van der Waals surface area (Å²) in [7, 11) is 0. The molecule has 0 amide bonds. The standard InChI is InChI=1S/C3H2N2OS/c6-7-3-4-1-2-5-3/h1-2H. The van der Waals surface area contributed by atoms with Crippen LogP contribution in [0.1, 0.15) is 0 Å². The molecular weight excluding hydrogens is 112 g/mol. The SMILES string of the molecule is O=S=C1N=CC=N1. The average Bonchev–Trinajstić information content (AvgIpc) is 2.14. The van der Waals surface area contributed by atoms with Gasteiger partial charge in [-0.25, -0.2) is 14.2 Å². The molecule has 0 spiro atoms. The van der Waals surface area contributed by atoms with Gasteiger partial charge in [0.25, 0.3) is 0 Å². The predicted molar refractivity (Wildman–Crippen MR) is 30.1 cm³/mol. The molecule has 0 saturated heterocycles. The monoisotopic (exact) mass is 114 g/mol. The minimum atomic E-state index is 0.292. The fraction of sp³-hybridized carbons (Fsp3) is 0. The molecule has 0 bridgehead atoms. The minimum absolute atomic E-state index is 0.292. The van der Waals surface area contributed by atoms with Gasteiger partial charge in [0, 0.05) is 12.4 Å². The van der Waals surface area contributed by atoms with Gasteiger partial charge in [0.05, 0.1) is 0 Å². The van der Waals surface area contributed by atoms with Crippen LogP contribution in [0.4, 0.5) is 0 Å². The van der Waals surface area contributed by atoms with Crippen LogP contribution in [0.25, 0.3) is 0 Å². The summed E-state index contributed by atoms with van der Waals surface area (Å²) in [5, 5.41) is 0.292. The van der Waals surface area contributed by atoms with Crippen molar-refractivity contribution in [2.45, 2.75) is 0 Å². The van der Waals surface area contributed by atoms with Crippen LogP contribution < -0.4 is 0 Å². The second-order valence-electron chi connectivity index (χ2n) is 0.922. The molecule has 3 nitrogen and oxygen atoms in total. The fourth-order valence-corrected chi connectivity index (χ4v) is 0.478. The van der Waals surface area contributed by atoms with Crippen molar-refractivity contribution < 1.29 is 4.21 Å². The Kier molecular flexibility index (Phi) is 1.12. The first-order valence-corrected chi connectivity index (χ1v) is 2.41. The zero-order valence-electron chi connectivity index (χ0n) is 3.37. The van der Waals surface area contributed by atoms with E-state index in [1.54, 1.807) is 0 Å². The molecule has 7 heavy (non-hydrogen) atoms. The lowest BCUT2D eigenvalue weighted by atomic mass is 10.9. The molecule has 1 aliphatic heterocycles. The van der Waals surface area contributed by atoms with Crippen molar-refractivity contribution in [1.82, 2.24) is 0 Å². The van der Waals surface area contributed by atoms with Crippen LogP contribution in [0.15, 0.2) is 9.98 Å². The molecule has 0 N–H and O–H groups in total. The van der Waals surface area contributed by atoms with E-state index in [0.717, 1.165) is 0 Å². The summed E-state index contributed by atoms with van der Waals surface area (Å²) in [5.74, 6) is 0. The molecule has 0 aliphatic carbocycles. The smallest absolute Gasteiger partial charge is 0.224 e. The largest absolute Gasteiger partial charge is 0.248 e. The lowest BCUT2D eigenvalue weighted by Crippen LogP contribution is -1.77. The van der Waals surface area contributed by atoms with E-state index in [0.29, 0.717) is 16.4 Å². The van der Waals surface area contributed by atoms with Crippen molar-refractivity contribution in [3.8, 4) is 0 Å². The first-order chi connectivity index (χ1) is 3.43. The second kappa shape index (κ2) is 1.79. The Labute approximate surface area is 43.9 Å². The van der Waals surface area contributed by atoms with Crippen LogP contribution in [-0.4, -0.2) is 21.8 Å². The Morgan fingerprint density at radius 2 is 2.00 bits per heavy atom. The first kappa shape index (κ1) is 4.39. The highest BCUT2D eigenvalue weighted by Crippen LogP contribution is 1.80. The highest BCUT2D eigenvalue weighted by molar-refractivity contribution is 7.66. The van der Waals surface area contributed by atoms with Crippen LogP contribution >= 0.6 is 0 Å². The molecule has 0 atom stereocenters. The number of aliphatic imine (C=N–C) groups is 2. The van der Waals surface area contributed by atoms with E-state index < -0.39 is 0 Å². The third-order valence-electron chi connectivity index (χ3n) is 0.511. The third kappa shape index (κ3) is 0.806. The van der Waals surface area contributed by atoms with E-state index in [1.807, 2.05) is 0 Å². The Hall–Kier alpha value is -0.770. The van der Waals surface area contributed by atoms with Crippen LogP contribution in [0.3, 0.4) is 0 Å². The van der Waals surface area contributed by atoms with Gasteiger partial charge in [0.1, 0.15) is 11.3 Å². The van der Waals surface area contributed by atoms with E-state index in [-0.39, 0.29) is 0 Å². The van der Waals surface area contributed by atoms with Gasteiger partial charge in [0.15, 0.2) is 0 Å². The Bertz CT molecular complexity index is 163. The predicted octanol–water partition coefficient (Wildman–Crippen LogP) is -0.558. The Morgan fingerprint density at radius 1 is 1.43 bits per heavy atom. The summed E-state index contributed by atoms with van der Waals surface area (Å²) in [6, 6.07) is 0. The van der Waals surface area contributed by atoms with E-state index in [1.165, 1.54) is 12.4 Å². The molecule has 36 valence electrons. The van der Waals surface area contributed by atoms with Gasteiger partial charge in [-0.3, -0.25) is 0 Å². The topological polar surface area (TPSA) is 41.8 Å². The maximum atomic E-state index is 9.78. The molecule has 1 aliphatic rings. The summed E-state index contributed by atoms with van der Waals surface area (Å²) in [5.41, 5.74) is 0. The normalized spacial score (nSPS) is 15.7. The van der Waals surface area contributed by atoms with Crippen molar-refractivity contribution >= 4 is 28.8 Å². The molecular formula is C3H2N2OS. The lowest BCUT2D eigenvalue weighted by molar-refractivity contribution is 0.701. The van der Waals surface area contributed by atoms with E-state index in [2.05, 4.69) is 9.98 Å². The third-order valence-corrected chi connectivity index (χ3v) is 0.871. The average molecular weight is 114 g/mol. The quantitative estimate of drug-likeness (QED) is 0.389. The molecule has 0 aromatic heterocycles. The van der Waals surface area contributed by atoms with Gasteiger partial charge >= 0.3 is 0 Å². The van der Waals surface area contributed by atoms with E-state index >= 15 is 0 Å². The van der Waals surface area contributed by atoms with Gasteiger partial charge < -0.3 is 0 Å². The van der Waals surface area contributed by atoms with Crippen LogP contribution in [0, 0.1) is 0 Å². The van der Waals surface area contributed by atoms with Crippen molar-refractivity contribution in [3.63, 3.8) is 0 Å². The highest BCUT2D eigenvalue weighted by atomic mass is 32.1. The van der Waals surface area contributed by atoms with E-state index in [9.17, 15) is 4.21 Å². The number of rotatable bonds is 0. The summed E-state index contributed by atoms with van der Waals surface area (Å²) in [6.07, 6.45) is 2.97. The first-order valence-electron chi connectivity index (χ1n) is 1.67. The van der Waals surface area contributed by atoms with Gasteiger partial charge in [-0.1, -0.05) is 0 Å². The van der Waals surface area contributed by atoms with Gasteiger partial charge in [-0.2, -0.15) is 0 Å². The van der Waals surface area contributed by atoms with Crippen molar-refractivity contribution in [2.24, 2.45) is 9.98 Å². The van der Waals surface area contributed by atoms with Crippen molar-refractivity contribution in [1.29, 1.82) is 0 Å². The summed E-state index contributed by atoms with van der Waals surface area (Å²) in [6.45, 7) is 0. The summed E-state index contributed by atoms with van der Waals surface area (Å²) in [4.78, 5) is 7.15. The second-order valence-corrected chi connectivity index (χ2v) is 1.45. The molecule has 0 fully saturated rings. The maximum absolute atomic E-state index is 9.78. The Morgan fingerprint density at radius 3 is 2.29 bits per heavy atom. The van der Waals surface area contributed by atoms with Crippen LogP contribution in [0.2, 0.25) is 0 Å². The van der Waals surface area contributed by atoms with Gasteiger partial charge in [0.2, 0.25) is 5.11 Å². The fourth-order valence-electron chi connectivity index (χ4n) is 0.271. The molecule has 1 heterocycles. The molecule has 1 rings (SSSR count). The van der Waals surface area contributed by atoms with Crippen LogP contribution in [-0.2, 0) is 11.3 Å². The zero-order chi connectivity index (χ0) is 5.11. The zero-order valence-corrected chi connectivity index (χ0v) is 4.18. The molecule has 0 unspecified atom stereocenters. The van der Waals surface area contributed by atoms with Crippen molar-refractivity contribution in [2.75, 3.05) is 0 Å². The highest BCUT2D eigenvalue weighted by Gasteiger charge is 1.89. The minimum Gasteiger partial charge on any atom is -0.224 e. The molecule has 0 saturated carbocycles. The van der Waals surface area contributed by atoms with Crippen LogP contribution in [0.5, 0.6) is 0 Å². The summed E-state index contributed by atoms with van der Waals surface area (Å²) >= 11 is 0.303. The summed E-state index contributed by atoms with van der Waals surface area (Å²) < 4.78 is 9.78. The lowest BCUT2D eigenvalue weighted by Gasteiger charge is -1.67. The number of hydrogen-bond acceptors (Lipinski definition) is 1.